The van der Waals surface area contributed by atoms with Crippen LogP contribution in [0.3, 0.4) is 0 Å². The van der Waals surface area contributed by atoms with Gasteiger partial charge in [0.15, 0.2) is 0 Å². The normalized spacial score (nSPS) is 15.6. The van der Waals surface area contributed by atoms with Gasteiger partial charge in [-0.25, -0.2) is 4.79 Å². The molecule has 30 heavy (non-hydrogen) atoms. The summed E-state index contributed by atoms with van der Waals surface area (Å²) >= 11 is 0. The summed E-state index contributed by atoms with van der Waals surface area (Å²) in [6.45, 7) is 5.63. The number of carbonyl (C=O) groups excluding carboxylic acids is 1. The SMILES string of the molecule is COC=C(C(=O)OC)c1ccccc1COc1cccc(CN2CCN(C)CC2)c1. The van der Waals surface area contributed by atoms with E-state index >= 15 is 0 Å². The van der Waals surface area contributed by atoms with E-state index in [0.717, 1.165) is 49.6 Å². The predicted octanol–water partition coefficient (Wildman–Crippen LogP) is 3.17. The van der Waals surface area contributed by atoms with Crippen LogP contribution in [0.5, 0.6) is 5.75 Å². The van der Waals surface area contributed by atoms with Gasteiger partial charge in [-0.2, -0.15) is 0 Å². The molecule has 0 bridgehead atoms. The van der Waals surface area contributed by atoms with Gasteiger partial charge in [-0.3, -0.25) is 4.90 Å². The van der Waals surface area contributed by atoms with Gasteiger partial charge in [0, 0.05) is 32.7 Å². The van der Waals surface area contributed by atoms with Crippen LogP contribution in [0.15, 0.2) is 54.8 Å². The average molecular weight is 411 g/mol. The molecule has 2 aromatic carbocycles. The van der Waals surface area contributed by atoms with Gasteiger partial charge in [0.1, 0.15) is 17.9 Å². The molecule has 0 aliphatic carbocycles. The summed E-state index contributed by atoms with van der Waals surface area (Å²) in [6, 6.07) is 15.8. The van der Waals surface area contributed by atoms with Crippen LogP contribution in [-0.4, -0.2) is 63.2 Å². The van der Waals surface area contributed by atoms with Gasteiger partial charge >= 0.3 is 5.97 Å². The third-order valence-electron chi connectivity index (χ3n) is 5.24. The highest BCUT2D eigenvalue weighted by Crippen LogP contribution is 2.23. The van der Waals surface area contributed by atoms with Crippen LogP contribution >= 0.6 is 0 Å². The Morgan fingerprint density at radius 3 is 2.53 bits per heavy atom. The third kappa shape index (κ3) is 5.84. The summed E-state index contributed by atoms with van der Waals surface area (Å²) in [6.07, 6.45) is 1.40. The number of benzene rings is 2. The molecule has 6 heteroatoms. The summed E-state index contributed by atoms with van der Waals surface area (Å²) in [5, 5.41) is 0. The molecule has 6 nitrogen and oxygen atoms in total. The minimum atomic E-state index is -0.446. The first-order valence-corrected chi connectivity index (χ1v) is 10.1. The van der Waals surface area contributed by atoms with Gasteiger partial charge in [0.25, 0.3) is 0 Å². The average Bonchev–Trinajstić information content (AvgIpc) is 2.78. The first-order valence-electron chi connectivity index (χ1n) is 10.1. The van der Waals surface area contributed by atoms with Crippen molar-refractivity contribution in [3.63, 3.8) is 0 Å². The molecular formula is C24H30N2O4. The number of carbonyl (C=O) groups is 1. The maximum absolute atomic E-state index is 12.2. The quantitative estimate of drug-likeness (QED) is 0.379. The van der Waals surface area contributed by atoms with Gasteiger partial charge in [-0.15, -0.1) is 0 Å². The number of rotatable bonds is 8. The summed E-state index contributed by atoms with van der Waals surface area (Å²) < 4.78 is 16.1. The minimum Gasteiger partial charge on any atom is -0.503 e. The van der Waals surface area contributed by atoms with E-state index in [1.165, 1.54) is 26.0 Å². The first-order chi connectivity index (χ1) is 14.6. The molecule has 3 rings (SSSR count). The fourth-order valence-corrected chi connectivity index (χ4v) is 3.52. The van der Waals surface area contributed by atoms with Crippen molar-refractivity contribution in [2.45, 2.75) is 13.2 Å². The third-order valence-corrected chi connectivity index (χ3v) is 5.24. The number of hydrogen-bond donors (Lipinski definition) is 0. The fourth-order valence-electron chi connectivity index (χ4n) is 3.52. The molecule has 0 saturated carbocycles. The Kier molecular flexibility index (Phi) is 7.88. The number of ether oxygens (including phenoxy) is 3. The summed E-state index contributed by atoms with van der Waals surface area (Å²) in [5.41, 5.74) is 3.22. The Hall–Kier alpha value is -2.83. The van der Waals surface area contributed by atoms with Crippen molar-refractivity contribution in [1.82, 2.24) is 9.80 Å². The molecule has 1 aliphatic rings. The highest BCUT2D eigenvalue weighted by Gasteiger charge is 2.17. The van der Waals surface area contributed by atoms with Gasteiger partial charge in [0.05, 0.1) is 20.5 Å². The van der Waals surface area contributed by atoms with Crippen LogP contribution in [0.25, 0.3) is 5.57 Å². The maximum atomic E-state index is 12.2. The lowest BCUT2D eigenvalue weighted by atomic mass is 10.0. The van der Waals surface area contributed by atoms with E-state index < -0.39 is 5.97 Å². The lowest BCUT2D eigenvalue weighted by molar-refractivity contribution is -0.133. The number of nitrogens with zero attached hydrogens (tertiary/aromatic N) is 2. The van der Waals surface area contributed by atoms with E-state index in [0.29, 0.717) is 12.2 Å². The van der Waals surface area contributed by atoms with E-state index in [4.69, 9.17) is 14.2 Å². The summed E-state index contributed by atoms with van der Waals surface area (Å²) in [5.74, 6) is 0.366. The standard InChI is InChI=1S/C24H30N2O4/c1-25-11-13-26(14-12-25)16-19-7-6-9-21(15-19)30-17-20-8-4-5-10-22(20)23(18-28-2)24(27)29-3/h4-10,15,18H,11-14,16-17H2,1-3H3. The smallest absolute Gasteiger partial charge is 0.341 e. The first kappa shape index (κ1) is 21.9. The molecule has 0 unspecified atom stereocenters. The second kappa shape index (κ2) is 10.8. The van der Waals surface area contributed by atoms with Crippen molar-refractivity contribution < 1.29 is 19.0 Å². The Bertz CT molecular complexity index is 873. The van der Waals surface area contributed by atoms with Gasteiger partial charge in [-0.1, -0.05) is 36.4 Å². The second-order valence-electron chi connectivity index (χ2n) is 7.43. The Balaban J connectivity index is 1.69. The number of hydrogen-bond acceptors (Lipinski definition) is 6. The molecule has 1 heterocycles. The van der Waals surface area contributed by atoms with Gasteiger partial charge in [0.2, 0.25) is 0 Å². The molecule has 160 valence electrons. The molecular weight excluding hydrogens is 380 g/mol. The molecule has 1 fully saturated rings. The zero-order valence-electron chi connectivity index (χ0n) is 18.0. The largest absolute Gasteiger partial charge is 0.503 e. The molecule has 0 N–H and O–H groups in total. The van der Waals surface area contributed by atoms with Crippen LogP contribution in [-0.2, 0) is 27.4 Å². The van der Waals surface area contributed by atoms with Crippen molar-refractivity contribution in [2.24, 2.45) is 0 Å². The molecule has 0 spiro atoms. The molecule has 0 atom stereocenters. The van der Waals surface area contributed by atoms with Gasteiger partial charge < -0.3 is 19.1 Å². The van der Waals surface area contributed by atoms with E-state index in [9.17, 15) is 4.79 Å². The van der Waals surface area contributed by atoms with Crippen molar-refractivity contribution in [2.75, 3.05) is 47.4 Å². The predicted molar refractivity (Wildman–Crippen MR) is 117 cm³/mol. The van der Waals surface area contributed by atoms with E-state index in [-0.39, 0.29) is 0 Å². The maximum Gasteiger partial charge on any atom is 0.341 e. The zero-order chi connectivity index (χ0) is 21.3. The van der Waals surface area contributed by atoms with Crippen LogP contribution in [0, 0.1) is 0 Å². The number of esters is 1. The molecule has 1 aliphatic heterocycles. The fraction of sp³-hybridized carbons (Fsp3) is 0.375. The number of methoxy groups -OCH3 is 2. The zero-order valence-corrected chi connectivity index (χ0v) is 18.0. The minimum absolute atomic E-state index is 0.339. The molecule has 0 amide bonds. The van der Waals surface area contributed by atoms with E-state index in [1.54, 1.807) is 0 Å². The Morgan fingerprint density at radius 2 is 1.80 bits per heavy atom. The number of likely N-dealkylation sites (N-methyl/N-ethyl adjacent to an activating group) is 1. The summed E-state index contributed by atoms with van der Waals surface area (Å²) in [4.78, 5) is 17.0. The van der Waals surface area contributed by atoms with E-state index in [2.05, 4.69) is 29.0 Å². The van der Waals surface area contributed by atoms with Crippen molar-refractivity contribution in [1.29, 1.82) is 0 Å². The van der Waals surface area contributed by atoms with Gasteiger partial charge in [-0.05, 0) is 35.9 Å². The highest BCUT2D eigenvalue weighted by atomic mass is 16.5. The topological polar surface area (TPSA) is 51.2 Å². The lowest BCUT2D eigenvalue weighted by Crippen LogP contribution is -2.43. The van der Waals surface area contributed by atoms with Crippen LogP contribution < -0.4 is 4.74 Å². The van der Waals surface area contributed by atoms with Crippen molar-refractivity contribution in [3.8, 4) is 5.75 Å². The Morgan fingerprint density at radius 1 is 1.03 bits per heavy atom. The Labute approximate surface area is 178 Å². The summed E-state index contributed by atoms with van der Waals surface area (Å²) in [7, 11) is 5.03. The molecule has 2 aromatic rings. The molecule has 0 radical (unpaired) electrons. The van der Waals surface area contributed by atoms with Crippen LogP contribution in [0.1, 0.15) is 16.7 Å². The lowest BCUT2D eigenvalue weighted by Gasteiger charge is -2.32. The molecule has 1 saturated heterocycles. The van der Waals surface area contributed by atoms with Crippen molar-refractivity contribution >= 4 is 11.5 Å². The van der Waals surface area contributed by atoms with Crippen LogP contribution in [0.2, 0.25) is 0 Å². The number of piperazine rings is 1. The second-order valence-corrected chi connectivity index (χ2v) is 7.43. The van der Waals surface area contributed by atoms with Crippen LogP contribution in [0.4, 0.5) is 0 Å². The highest BCUT2D eigenvalue weighted by molar-refractivity contribution is 6.16. The van der Waals surface area contributed by atoms with E-state index in [1.807, 2.05) is 36.4 Å². The monoisotopic (exact) mass is 410 g/mol. The molecule has 0 aromatic heterocycles. The van der Waals surface area contributed by atoms with Crippen molar-refractivity contribution in [3.05, 3.63) is 71.5 Å².